The molecule has 0 aliphatic heterocycles. The fourth-order valence-corrected chi connectivity index (χ4v) is 3.64. The van der Waals surface area contributed by atoms with Crippen molar-refractivity contribution < 1.29 is 32.2 Å². The van der Waals surface area contributed by atoms with Gasteiger partial charge in [0.1, 0.15) is 0 Å². The lowest BCUT2D eigenvalue weighted by Gasteiger charge is -2.12. The van der Waals surface area contributed by atoms with Gasteiger partial charge in [-0.05, 0) is 54.1 Å². The van der Waals surface area contributed by atoms with E-state index in [1.54, 1.807) is 12.1 Å². The maximum Gasteiger partial charge on any atom is 0.417 e. The van der Waals surface area contributed by atoms with Crippen LogP contribution in [0.3, 0.4) is 0 Å². The summed E-state index contributed by atoms with van der Waals surface area (Å²) in [6.45, 7) is 0. The average Bonchev–Trinajstić information content (AvgIpc) is 2.84. The molecule has 3 aromatic rings. The van der Waals surface area contributed by atoms with E-state index in [2.05, 4.69) is 31.8 Å². The molecule has 3 aromatic carbocycles. The molecular weight excluding hydrogens is 567 g/mol. The molecule has 0 aromatic heterocycles. The Bertz CT molecular complexity index is 1330. The van der Waals surface area contributed by atoms with Crippen molar-refractivity contribution in [3.63, 3.8) is 0 Å². The minimum Gasteiger partial charge on any atom is -0.493 e. The van der Waals surface area contributed by atoms with E-state index >= 15 is 0 Å². The number of nitrogens with one attached hydrogen (secondary N) is 2. The number of methoxy groups -OCH3 is 2. The number of nitrogens with zero attached hydrogens (tertiary/aromatic N) is 1. The Hall–Kier alpha value is -3.57. The smallest absolute Gasteiger partial charge is 0.417 e. The predicted octanol–water partition coefficient (Wildman–Crippen LogP) is 6.15. The molecule has 7 nitrogen and oxygen atoms in total. The summed E-state index contributed by atoms with van der Waals surface area (Å²) in [7, 11) is 2.90. The van der Waals surface area contributed by atoms with E-state index in [1.807, 2.05) is 0 Å². The van der Waals surface area contributed by atoms with Crippen molar-refractivity contribution >= 4 is 51.2 Å². The predicted molar refractivity (Wildman–Crippen MR) is 133 cm³/mol. The number of ether oxygens (including phenoxy) is 2. The molecule has 36 heavy (non-hydrogen) atoms. The van der Waals surface area contributed by atoms with Crippen molar-refractivity contribution in [2.75, 3.05) is 19.5 Å². The lowest BCUT2D eigenvalue weighted by molar-refractivity contribution is -0.137. The lowest BCUT2D eigenvalue weighted by atomic mass is 10.1. The normalized spacial score (nSPS) is 11.3. The number of hydrazone groups is 1. The summed E-state index contributed by atoms with van der Waals surface area (Å²) in [4.78, 5) is 25.6. The highest BCUT2D eigenvalue weighted by atomic mass is 79.9. The molecule has 0 radical (unpaired) electrons. The Kier molecular flexibility index (Phi) is 8.59. The van der Waals surface area contributed by atoms with Gasteiger partial charge in [-0.25, -0.2) is 5.43 Å². The number of halogens is 5. The van der Waals surface area contributed by atoms with Gasteiger partial charge in [-0.1, -0.05) is 33.6 Å². The molecule has 12 heteroatoms. The summed E-state index contributed by atoms with van der Waals surface area (Å²) in [5.41, 5.74) is 1.78. The number of hydrogen-bond donors (Lipinski definition) is 2. The molecule has 188 valence electrons. The number of carbonyl (C=O) groups excluding carboxylic acids is 2. The zero-order chi connectivity index (χ0) is 26.5. The lowest BCUT2D eigenvalue weighted by Crippen LogP contribution is -2.21. The van der Waals surface area contributed by atoms with Gasteiger partial charge in [0, 0.05) is 10.0 Å². The Morgan fingerprint density at radius 3 is 2.36 bits per heavy atom. The van der Waals surface area contributed by atoms with Gasteiger partial charge in [0.2, 0.25) is 0 Å². The maximum atomic E-state index is 13.0. The van der Waals surface area contributed by atoms with Gasteiger partial charge in [-0.2, -0.15) is 18.3 Å². The Morgan fingerprint density at radius 2 is 1.69 bits per heavy atom. The van der Waals surface area contributed by atoms with E-state index in [9.17, 15) is 22.8 Å². The zero-order valence-electron chi connectivity index (χ0n) is 18.7. The van der Waals surface area contributed by atoms with Crippen molar-refractivity contribution in [3.05, 3.63) is 86.3 Å². The van der Waals surface area contributed by atoms with Crippen molar-refractivity contribution in [2.24, 2.45) is 5.10 Å². The molecule has 0 aliphatic rings. The molecule has 2 amide bonds. The minimum atomic E-state index is -4.64. The van der Waals surface area contributed by atoms with Crippen LogP contribution in [0, 0.1) is 0 Å². The van der Waals surface area contributed by atoms with Crippen molar-refractivity contribution in [1.82, 2.24) is 5.43 Å². The first-order valence-corrected chi connectivity index (χ1v) is 11.2. The number of rotatable bonds is 7. The highest BCUT2D eigenvalue weighted by Crippen LogP contribution is 2.35. The Balaban J connectivity index is 1.79. The average molecular weight is 585 g/mol. The second-order valence-electron chi connectivity index (χ2n) is 7.15. The monoisotopic (exact) mass is 583 g/mol. The number of benzene rings is 3. The van der Waals surface area contributed by atoms with Gasteiger partial charge in [-0.15, -0.1) is 0 Å². The molecule has 2 N–H and O–H groups in total. The summed E-state index contributed by atoms with van der Waals surface area (Å²) < 4.78 is 50.0. The summed E-state index contributed by atoms with van der Waals surface area (Å²) in [5.74, 6) is -0.431. The molecule has 0 fully saturated rings. The number of carbonyl (C=O) groups is 2. The molecule has 0 heterocycles. The van der Waals surface area contributed by atoms with Gasteiger partial charge in [-0.3, -0.25) is 9.59 Å². The van der Waals surface area contributed by atoms with Crippen LogP contribution in [0.4, 0.5) is 18.9 Å². The molecule has 0 spiro atoms. The first-order valence-electron chi connectivity index (χ1n) is 10.1. The van der Waals surface area contributed by atoms with Crippen molar-refractivity contribution in [3.8, 4) is 11.5 Å². The highest BCUT2D eigenvalue weighted by molar-refractivity contribution is 9.10. The summed E-state index contributed by atoms with van der Waals surface area (Å²) in [5, 5.41) is 5.93. The van der Waals surface area contributed by atoms with Crippen LogP contribution < -0.4 is 20.2 Å². The van der Waals surface area contributed by atoms with Crippen LogP contribution in [0.5, 0.6) is 11.5 Å². The van der Waals surface area contributed by atoms with E-state index in [4.69, 9.17) is 21.1 Å². The van der Waals surface area contributed by atoms with Crippen LogP contribution in [0.15, 0.2) is 64.2 Å². The zero-order valence-corrected chi connectivity index (χ0v) is 21.1. The molecule has 3 rings (SSSR count). The molecule has 0 unspecified atom stereocenters. The van der Waals surface area contributed by atoms with Gasteiger partial charge in [0.15, 0.2) is 11.5 Å². The number of anilines is 1. The van der Waals surface area contributed by atoms with Gasteiger partial charge in [0.05, 0.1) is 42.3 Å². The van der Waals surface area contributed by atoms with E-state index in [1.165, 1.54) is 44.6 Å². The molecule has 0 bridgehead atoms. The van der Waals surface area contributed by atoms with Crippen LogP contribution in [-0.4, -0.2) is 32.2 Å². The quantitative estimate of drug-likeness (QED) is 0.257. The van der Waals surface area contributed by atoms with Crippen LogP contribution in [-0.2, 0) is 6.18 Å². The number of amides is 2. The third-order valence-corrected chi connectivity index (χ3v) is 5.62. The second-order valence-corrected chi connectivity index (χ2v) is 8.47. The standard InChI is InChI=1S/C24H18BrClF3N3O4/c1-35-20-8-4-14(10-21(20)36-2)22(33)31-19-7-5-15(25)11-16(19)23(34)32-30-12-13-3-6-18(26)17(9-13)24(27,28)29/h3-12H,1-2H3,(H,31,33)(H,32,34). The molecule has 0 saturated carbocycles. The molecular formula is C24H18BrClF3N3O4. The molecule has 0 saturated heterocycles. The molecule has 0 atom stereocenters. The first-order chi connectivity index (χ1) is 17.0. The van der Waals surface area contributed by atoms with Gasteiger partial charge >= 0.3 is 6.18 Å². The van der Waals surface area contributed by atoms with Crippen LogP contribution in [0.2, 0.25) is 5.02 Å². The fourth-order valence-electron chi connectivity index (χ4n) is 3.05. The summed E-state index contributed by atoms with van der Waals surface area (Å²) in [6.07, 6.45) is -3.59. The second kappa shape index (κ2) is 11.4. The van der Waals surface area contributed by atoms with Crippen molar-refractivity contribution in [1.29, 1.82) is 0 Å². The topological polar surface area (TPSA) is 89.0 Å². The minimum absolute atomic E-state index is 0.0578. The number of hydrogen-bond acceptors (Lipinski definition) is 5. The number of alkyl halides is 3. The van der Waals surface area contributed by atoms with Crippen LogP contribution in [0.25, 0.3) is 0 Å². The van der Waals surface area contributed by atoms with E-state index < -0.39 is 28.6 Å². The fraction of sp³-hybridized carbons (Fsp3) is 0.125. The first kappa shape index (κ1) is 27.0. The van der Waals surface area contributed by atoms with Crippen LogP contribution in [0.1, 0.15) is 31.8 Å². The highest BCUT2D eigenvalue weighted by Gasteiger charge is 2.33. The maximum absolute atomic E-state index is 13.0. The largest absolute Gasteiger partial charge is 0.493 e. The van der Waals surface area contributed by atoms with E-state index in [0.717, 1.165) is 18.3 Å². The van der Waals surface area contributed by atoms with Crippen molar-refractivity contribution in [2.45, 2.75) is 6.18 Å². The summed E-state index contributed by atoms with van der Waals surface area (Å²) in [6, 6.07) is 12.4. The van der Waals surface area contributed by atoms with E-state index in [0.29, 0.717) is 16.0 Å². The van der Waals surface area contributed by atoms with E-state index in [-0.39, 0.29) is 22.4 Å². The SMILES string of the molecule is COc1ccc(C(=O)Nc2ccc(Br)cc2C(=O)NN=Cc2ccc(Cl)c(C(F)(F)F)c2)cc1OC. The third kappa shape index (κ3) is 6.55. The molecule has 0 aliphatic carbocycles. The third-order valence-electron chi connectivity index (χ3n) is 4.80. The Labute approximate surface area is 217 Å². The van der Waals surface area contributed by atoms with Gasteiger partial charge in [0.25, 0.3) is 11.8 Å². The Morgan fingerprint density at radius 1 is 0.972 bits per heavy atom. The van der Waals surface area contributed by atoms with Gasteiger partial charge < -0.3 is 14.8 Å². The summed E-state index contributed by atoms with van der Waals surface area (Å²) >= 11 is 8.88. The van der Waals surface area contributed by atoms with Crippen LogP contribution >= 0.6 is 27.5 Å².